The van der Waals surface area contributed by atoms with E-state index < -0.39 is 0 Å². The fourth-order valence-corrected chi connectivity index (χ4v) is 2.40. The number of ether oxygens (including phenoxy) is 1. The van der Waals surface area contributed by atoms with Gasteiger partial charge in [0.05, 0.1) is 7.11 Å². The van der Waals surface area contributed by atoms with Gasteiger partial charge < -0.3 is 9.30 Å². The van der Waals surface area contributed by atoms with Gasteiger partial charge in [0.25, 0.3) is 0 Å². The molecule has 0 saturated heterocycles. The van der Waals surface area contributed by atoms with Crippen LogP contribution < -0.4 is 0 Å². The van der Waals surface area contributed by atoms with E-state index in [9.17, 15) is 4.79 Å². The lowest BCUT2D eigenvalue weighted by molar-refractivity contribution is 0.0586. The lowest BCUT2D eigenvalue weighted by Crippen LogP contribution is -2.15. The summed E-state index contributed by atoms with van der Waals surface area (Å²) in [6.07, 6.45) is 3.41. The van der Waals surface area contributed by atoms with E-state index in [1.54, 1.807) is 12.3 Å². The SMILES string of the molecule is CCC(CC)n1c(C(=O)OC)cc2cnc(Cl)nc21. The van der Waals surface area contributed by atoms with Gasteiger partial charge in [0.15, 0.2) is 0 Å². The van der Waals surface area contributed by atoms with E-state index >= 15 is 0 Å². The quantitative estimate of drug-likeness (QED) is 0.638. The van der Waals surface area contributed by atoms with Gasteiger partial charge in [-0.05, 0) is 30.5 Å². The van der Waals surface area contributed by atoms with E-state index in [-0.39, 0.29) is 17.3 Å². The van der Waals surface area contributed by atoms with Crippen LogP contribution in [0.4, 0.5) is 0 Å². The Morgan fingerprint density at radius 1 is 1.47 bits per heavy atom. The fraction of sp³-hybridized carbons (Fsp3) is 0.462. The smallest absolute Gasteiger partial charge is 0.354 e. The highest BCUT2D eigenvalue weighted by Crippen LogP contribution is 2.27. The summed E-state index contributed by atoms with van der Waals surface area (Å²) in [5, 5.41) is 0.964. The van der Waals surface area contributed by atoms with Crippen LogP contribution in [0.1, 0.15) is 43.2 Å². The zero-order chi connectivity index (χ0) is 14.0. The van der Waals surface area contributed by atoms with Gasteiger partial charge >= 0.3 is 5.97 Å². The largest absolute Gasteiger partial charge is 0.464 e. The van der Waals surface area contributed by atoms with E-state index in [0.29, 0.717) is 11.3 Å². The third-order valence-electron chi connectivity index (χ3n) is 3.25. The molecule has 0 unspecified atom stereocenters. The van der Waals surface area contributed by atoms with Crippen molar-refractivity contribution in [1.82, 2.24) is 14.5 Å². The van der Waals surface area contributed by atoms with Crippen molar-refractivity contribution in [3.05, 3.63) is 23.2 Å². The molecule has 0 aliphatic carbocycles. The Balaban J connectivity index is 2.72. The molecular weight excluding hydrogens is 266 g/mol. The second-order valence-electron chi connectivity index (χ2n) is 4.28. The minimum absolute atomic E-state index is 0.175. The van der Waals surface area contributed by atoms with E-state index in [1.165, 1.54) is 7.11 Å². The number of carbonyl (C=O) groups is 1. The van der Waals surface area contributed by atoms with Crippen LogP contribution in [0.15, 0.2) is 12.3 Å². The van der Waals surface area contributed by atoms with Crippen molar-refractivity contribution in [2.45, 2.75) is 32.7 Å². The molecule has 0 bridgehead atoms. The summed E-state index contributed by atoms with van der Waals surface area (Å²) in [7, 11) is 1.37. The summed E-state index contributed by atoms with van der Waals surface area (Å²) < 4.78 is 6.73. The maximum absolute atomic E-state index is 11.9. The van der Waals surface area contributed by atoms with E-state index in [1.807, 2.05) is 4.57 Å². The van der Waals surface area contributed by atoms with Gasteiger partial charge in [-0.3, -0.25) is 0 Å². The Morgan fingerprint density at radius 2 is 2.16 bits per heavy atom. The molecule has 2 aromatic rings. The molecule has 0 radical (unpaired) electrons. The summed E-state index contributed by atoms with van der Waals surface area (Å²) in [5.41, 5.74) is 1.16. The first-order valence-electron chi connectivity index (χ1n) is 6.24. The molecule has 0 fully saturated rings. The van der Waals surface area contributed by atoms with Gasteiger partial charge in [-0.1, -0.05) is 13.8 Å². The lowest BCUT2D eigenvalue weighted by atomic mass is 10.1. The monoisotopic (exact) mass is 281 g/mol. The second-order valence-corrected chi connectivity index (χ2v) is 4.62. The molecule has 0 aromatic carbocycles. The molecule has 2 rings (SSSR count). The van der Waals surface area contributed by atoms with Gasteiger partial charge in [0, 0.05) is 17.6 Å². The molecule has 0 atom stereocenters. The van der Waals surface area contributed by atoms with Crippen molar-refractivity contribution < 1.29 is 9.53 Å². The van der Waals surface area contributed by atoms with E-state index in [2.05, 4.69) is 23.8 Å². The van der Waals surface area contributed by atoms with Crippen LogP contribution in [0.25, 0.3) is 11.0 Å². The van der Waals surface area contributed by atoms with E-state index in [4.69, 9.17) is 16.3 Å². The van der Waals surface area contributed by atoms with Crippen molar-refractivity contribution in [3.63, 3.8) is 0 Å². The standard InChI is InChI=1S/C13H16ClN3O2/c1-4-9(5-2)17-10(12(18)19-3)6-8-7-15-13(14)16-11(8)17/h6-7,9H,4-5H2,1-3H3. The highest BCUT2D eigenvalue weighted by Gasteiger charge is 2.21. The molecule has 0 aliphatic rings. The fourth-order valence-electron chi connectivity index (χ4n) is 2.27. The molecule has 19 heavy (non-hydrogen) atoms. The van der Waals surface area contributed by atoms with Crippen LogP contribution in [-0.4, -0.2) is 27.6 Å². The number of methoxy groups -OCH3 is 1. The number of esters is 1. The van der Waals surface area contributed by atoms with Crippen molar-refractivity contribution in [1.29, 1.82) is 0 Å². The lowest BCUT2D eigenvalue weighted by Gasteiger charge is -2.18. The van der Waals surface area contributed by atoms with Crippen LogP contribution in [0.2, 0.25) is 5.28 Å². The molecule has 6 heteroatoms. The average molecular weight is 282 g/mol. The molecule has 2 heterocycles. The summed E-state index contributed by atoms with van der Waals surface area (Å²) >= 11 is 5.85. The minimum Gasteiger partial charge on any atom is -0.464 e. The molecule has 0 N–H and O–H groups in total. The van der Waals surface area contributed by atoms with Crippen LogP contribution in [0, 0.1) is 0 Å². The highest BCUT2D eigenvalue weighted by molar-refractivity contribution is 6.28. The van der Waals surface area contributed by atoms with Gasteiger partial charge in [0.2, 0.25) is 5.28 Å². The summed E-state index contributed by atoms with van der Waals surface area (Å²) in [6, 6.07) is 1.92. The second kappa shape index (κ2) is 5.57. The molecule has 2 aromatic heterocycles. The number of nitrogens with zero attached hydrogens (tertiary/aromatic N) is 3. The van der Waals surface area contributed by atoms with Crippen molar-refractivity contribution in [3.8, 4) is 0 Å². The Morgan fingerprint density at radius 3 is 2.74 bits per heavy atom. The van der Waals surface area contributed by atoms with Gasteiger partial charge in [-0.15, -0.1) is 0 Å². The number of hydrogen-bond donors (Lipinski definition) is 0. The Labute approximate surface area is 116 Å². The van der Waals surface area contributed by atoms with E-state index in [0.717, 1.165) is 18.2 Å². The Bertz CT molecular complexity index is 605. The minimum atomic E-state index is -0.374. The summed E-state index contributed by atoms with van der Waals surface area (Å²) in [4.78, 5) is 20.1. The first-order chi connectivity index (χ1) is 9.12. The number of fused-ring (bicyclic) bond motifs is 1. The molecule has 0 spiro atoms. The van der Waals surface area contributed by atoms with Crippen molar-refractivity contribution in [2.24, 2.45) is 0 Å². The number of rotatable bonds is 4. The van der Waals surface area contributed by atoms with Crippen LogP contribution in [0.3, 0.4) is 0 Å². The van der Waals surface area contributed by atoms with Crippen LogP contribution >= 0.6 is 11.6 Å². The normalized spacial score (nSPS) is 11.2. The predicted octanol–water partition coefficient (Wildman–Crippen LogP) is 3.23. The first-order valence-corrected chi connectivity index (χ1v) is 6.61. The highest BCUT2D eigenvalue weighted by atomic mass is 35.5. The maximum Gasteiger partial charge on any atom is 0.354 e. The Kier molecular flexibility index (Phi) is 4.04. The van der Waals surface area contributed by atoms with Gasteiger partial charge in [0.1, 0.15) is 11.3 Å². The topological polar surface area (TPSA) is 57.0 Å². The van der Waals surface area contributed by atoms with Crippen LogP contribution in [0.5, 0.6) is 0 Å². The Hall–Kier alpha value is -1.62. The zero-order valence-electron chi connectivity index (χ0n) is 11.2. The molecule has 0 saturated carbocycles. The molecular formula is C13H16ClN3O2. The number of aromatic nitrogens is 3. The average Bonchev–Trinajstić information content (AvgIpc) is 2.78. The third kappa shape index (κ3) is 2.42. The van der Waals surface area contributed by atoms with Crippen molar-refractivity contribution >= 4 is 28.6 Å². The maximum atomic E-state index is 11.9. The molecule has 0 aliphatic heterocycles. The zero-order valence-corrected chi connectivity index (χ0v) is 11.9. The molecule has 5 nitrogen and oxygen atoms in total. The number of hydrogen-bond acceptors (Lipinski definition) is 4. The number of halogens is 1. The number of carbonyl (C=O) groups excluding carboxylic acids is 1. The van der Waals surface area contributed by atoms with Crippen molar-refractivity contribution in [2.75, 3.05) is 7.11 Å². The molecule has 102 valence electrons. The molecule has 0 amide bonds. The summed E-state index contributed by atoms with van der Waals surface area (Å²) in [5.74, 6) is -0.374. The predicted molar refractivity (Wildman–Crippen MR) is 73.5 cm³/mol. The third-order valence-corrected chi connectivity index (χ3v) is 3.43. The van der Waals surface area contributed by atoms with Crippen LogP contribution in [-0.2, 0) is 4.74 Å². The summed E-state index contributed by atoms with van der Waals surface area (Å²) in [6.45, 7) is 4.15. The first kappa shape index (κ1) is 13.8. The van der Waals surface area contributed by atoms with Gasteiger partial charge in [-0.25, -0.2) is 9.78 Å². The van der Waals surface area contributed by atoms with Gasteiger partial charge in [-0.2, -0.15) is 4.98 Å².